The van der Waals surface area contributed by atoms with Gasteiger partial charge >= 0.3 is 0 Å². The van der Waals surface area contributed by atoms with Gasteiger partial charge in [-0.3, -0.25) is 4.72 Å². The lowest BCUT2D eigenvalue weighted by molar-refractivity contribution is 0.596. The third-order valence-electron chi connectivity index (χ3n) is 2.30. The van der Waals surface area contributed by atoms with Crippen LogP contribution in [0.25, 0.3) is 0 Å². The first-order chi connectivity index (χ1) is 7.94. The van der Waals surface area contributed by atoms with E-state index < -0.39 is 10.0 Å². The number of anilines is 1. The Morgan fingerprint density at radius 2 is 2.06 bits per heavy atom. The third kappa shape index (κ3) is 4.70. The van der Waals surface area contributed by atoms with Gasteiger partial charge in [-0.2, -0.15) is 0 Å². The van der Waals surface area contributed by atoms with Crippen LogP contribution in [-0.2, 0) is 10.0 Å². The smallest absolute Gasteiger partial charge is 0.232 e. The van der Waals surface area contributed by atoms with E-state index in [0.717, 1.165) is 0 Å². The summed E-state index contributed by atoms with van der Waals surface area (Å²) < 4.78 is 38.6. The number of aryl methyl sites for hydroxylation is 1. The Bertz CT molecular complexity index is 474. The van der Waals surface area contributed by atoms with E-state index in [1.807, 2.05) is 0 Å². The van der Waals surface area contributed by atoms with Crippen molar-refractivity contribution < 1.29 is 12.8 Å². The normalized spacial score (nSPS) is 11.5. The van der Waals surface area contributed by atoms with Crippen molar-refractivity contribution in [1.82, 2.24) is 0 Å². The second-order valence-electron chi connectivity index (χ2n) is 3.88. The number of benzene rings is 1. The average molecular weight is 260 g/mol. The van der Waals surface area contributed by atoms with E-state index in [1.165, 1.54) is 18.2 Å². The van der Waals surface area contributed by atoms with Gasteiger partial charge in [-0.15, -0.1) is 0 Å². The van der Waals surface area contributed by atoms with Crippen molar-refractivity contribution in [2.45, 2.75) is 19.8 Å². The van der Waals surface area contributed by atoms with Crippen LogP contribution in [0.2, 0.25) is 0 Å². The molecule has 6 heteroatoms. The van der Waals surface area contributed by atoms with Gasteiger partial charge < -0.3 is 5.73 Å². The molecule has 0 amide bonds. The highest BCUT2D eigenvalue weighted by molar-refractivity contribution is 7.92. The van der Waals surface area contributed by atoms with Gasteiger partial charge in [0.25, 0.3) is 0 Å². The number of hydrogen-bond acceptors (Lipinski definition) is 3. The molecule has 0 fully saturated rings. The van der Waals surface area contributed by atoms with E-state index in [4.69, 9.17) is 5.73 Å². The van der Waals surface area contributed by atoms with E-state index in [1.54, 1.807) is 6.92 Å². The lowest BCUT2D eigenvalue weighted by Crippen LogP contribution is -2.17. The van der Waals surface area contributed by atoms with Crippen molar-refractivity contribution in [2.24, 2.45) is 5.73 Å². The molecule has 0 aliphatic rings. The molecular weight excluding hydrogens is 243 g/mol. The Labute approximate surface area is 101 Å². The molecule has 0 atom stereocenters. The number of sulfonamides is 1. The summed E-state index contributed by atoms with van der Waals surface area (Å²) in [6.45, 7) is 2.06. The minimum absolute atomic E-state index is 0.0284. The van der Waals surface area contributed by atoms with Crippen LogP contribution in [0.5, 0.6) is 0 Å². The molecule has 1 aromatic carbocycles. The lowest BCUT2D eigenvalue weighted by atomic mass is 10.2. The van der Waals surface area contributed by atoms with Gasteiger partial charge in [0.2, 0.25) is 10.0 Å². The number of rotatable bonds is 6. The molecule has 0 heterocycles. The first kappa shape index (κ1) is 13.9. The summed E-state index contributed by atoms with van der Waals surface area (Å²) in [4.78, 5) is 0. The second kappa shape index (κ2) is 5.97. The fourth-order valence-electron chi connectivity index (χ4n) is 1.38. The molecule has 0 aliphatic carbocycles. The first-order valence-corrected chi connectivity index (χ1v) is 7.06. The van der Waals surface area contributed by atoms with E-state index in [-0.39, 0.29) is 11.6 Å². The zero-order valence-corrected chi connectivity index (χ0v) is 10.6. The molecule has 0 saturated carbocycles. The van der Waals surface area contributed by atoms with E-state index in [9.17, 15) is 12.8 Å². The third-order valence-corrected chi connectivity index (χ3v) is 3.67. The maximum atomic E-state index is 13.0. The Kier molecular flexibility index (Phi) is 4.89. The van der Waals surface area contributed by atoms with Crippen molar-refractivity contribution >= 4 is 15.7 Å². The minimum Gasteiger partial charge on any atom is -0.330 e. The predicted molar refractivity (Wildman–Crippen MR) is 66.8 cm³/mol. The maximum absolute atomic E-state index is 13.0. The highest BCUT2D eigenvalue weighted by atomic mass is 32.2. The first-order valence-electron chi connectivity index (χ1n) is 5.41. The van der Waals surface area contributed by atoms with Gasteiger partial charge in [-0.05, 0) is 50.1 Å². The van der Waals surface area contributed by atoms with Crippen LogP contribution < -0.4 is 10.5 Å². The van der Waals surface area contributed by atoms with Crippen molar-refractivity contribution in [1.29, 1.82) is 0 Å². The van der Waals surface area contributed by atoms with Gasteiger partial charge in [0, 0.05) is 5.69 Å². The Balaban J connectivity index is 2.66. The molecule has 1 rings (SSSR count). The molecule has 3 N–H and O–H groups in total. The highest BCUT2D eigenvalue weighted by Gasteiger charge is 2.10. The fraction of sp³-hybridized carbons (Fsp3) is 0.455. The lowest BCUT2D eigenvalue weighted by Gasteiger charge is -2.08. The zero-order chi connectivity index (χ0) is 12.9. The molecule has 0 radical (unpaired) electrons. The quantitative estimate of drug-likeness (QED) is 0.763. The number of hydrogen-bond donors (Lipinski definition) is 2. The van der Waals surface area contributed by atoms with Crippen LogP contribution in [0, 0.1) is 12.7 Å². The fourth-order valence-corrected chi connectivity index (χ4v) is 2.55. The van der Waals surface area contributed by atoms with E-state index in [2.05, 4.69) is 4.72 Å². The maximum Gasteiger partial charge on any atom is 0.232 e. The number of unbranched alkanes of at least 4 members (excludes halogenated alkanes) is 1. The van der Waals surface area contributed by atoms with Crippen LogP contribution in [-0.4, -0.2) is 20.7 Å². The summed E-state index contributed by atoms with van der Waals surface area (Å²) >= 11 is 0. The molecule has 0 bridgehead atoms. The summed E-state index contributed by atoms with van der Waals surface area (Å²) in [5.41, 5.74) is 6.09. The topological polar surface area (TPSA) is 72.2 Å². The molecule has 96 valence electrons. The molecule has 17 heavy (non-hydrogen) atoms. The van der Waals surface area contributed by atoms with Crippen LogP contribution in [0.4, 0.5) is 10.1 Å². The summed E-state index contributed by atoms with van der Waals surface area (Å²) in [6, 6.07) is 4.12. The summed E-state index contributed by atoms with van der Waals surface area (Å²) in [5, 5.41) is 0. The van der Waals surface area contributed by atoms with Gasteiger partial charge in [0.15, 0.2) is 0 Å². The Hall–Kier alpha value is -1.14. The standard InChI is InChI=1S/C11H17FN2O2S/c1-9-8-10(4-5-11(9)12)14-17(15,16)7-3-2-6-13/h4-5,8,14H,2-3,6-7,13H2,1H3. The number of nitrogens with two attached hydrogens (primary N) is 1. The summed E-state index contributed by atoms with van der Waals surface area (Å²) in [6.07, 6.45) is 1.19. The highest BCUT2D eigenvalue weighted by Crippen LogP contribution is 2.15. The van der Waals surface area contributed by atoms with Gasteiger partial charge in [0.1, 0.15) is 5.82 Å². The van der Waals surface area contributed by atoms with Crippen molar-refractivity contribution in [3.8, 4) is 0 Å². The van der Waals surface area contributed by atoms with Crippen LogP contribution in [0.1, 0.15) is 18.4 Å². The molecule has 0 aliphatic heterocycles. The minimum atomic E-state index is -3.36. The van der Waals surface area contributed by atoms with Crippen molar-refractivity contribution in [2.75, 3.05) is 17.0 Å². The Morgan fingerprint density at radius 1 is 1.35 bits per heavy atom. The van der Waals surface area contributed by atoms with Crippen molar-refractivity contribution in [3.63, 3.8) is 0 Å². The average Bonchev–Trinajstić information content (AvgIpc) is 2.23. The molecule has 0 spiro atoms. The van der Waals surface area contributed by atoms with E-state index >= 15 is 0 Å². The summed E-state index contributed by atoms with van der Waals surface area (Å²) in [5.74, 6) is -0.322. The van der Waals surface area contributed by atoms with E-state index in [0.29, 0.717) is 30.6 Å². The van der Waals surface area contributed by atoms with Crippen molar-refractivity contribution in [3.05, 3.63) is 29.6 Å². The monoisotopic (exact) mass is 260 g/mol. The molecule has 1 aromatic rings. The number of nitrogens with one attached hydrogen (secondary N) is 1. The molecule has 0 saturated heterocycles. The SMILES string of the molecule is Cc1cc(NS(=O)(=O)CCCCN)ccc1F. The van der Waals surface area contributed by atoms with Gasteiger partial charge in [-0.1, -0.05) is 0 Å². The Morgan fingerprint density at radius 3 is 2.65 bits per heavy atom. The number of halogens is 1. The molecular formula is C11H17FN2O2S. The van der Waals surface area contributed by atoms with Crippen LogP contribution >= 0.6 is 0 Å². The summed E-state index contributed by atoms with van der Waals surface area (Å²) in [7, 11) is -3.36. The van der Waals surface area contributed by atoms with Crippen LogP contribution in [0.15, 0.2) is 18.2 Å². The zero-order valence-electron chi connectivity index (χ0n) is 9.74. The van der Waals surface area contributed by atoms with Gasteiger partial charge in [0.05, 0.1) is 5.75 Å². The molecule has 0 aromatic heterocycles. The second-order valence-corrected chi connectivity index (χ2v) is 5.72. The molecule has 4 nitrogen and oxygen atoms in total. The van der Waals surface area contributed by atoms with Crippen LogP contribution in [0.3, 0.4) is 0 Å². The largest absolute Gasteiger partial charge is 0.330 e. The van der Waals surface area contributed by atoms with Gasteiger partial charge in [-0.25, -0.2) is 12.8 Å². The predicted octanol–water partition coefficient (Wildman–Crippen LogP) is 1.61. The molecule has 0 unspecified atom stereocenters.